The Kier molecular flexibility index (Phi) is 2.52. The summed E-state index contributed by atoms with van der Waals surface area (Å²) >= 11 is 4.73. The molecule has 4 nitrogen and oxygen atoms in total. The highest BCUT2D eigenvalue weighted by molar-refractivity contribution is 6.13. The van der Waals surface area contributed by atoms with E-state index in [1.54, 1.807) is 0 Å². The van der Waals surface area contributed by atoms with E-state index in [1.807, 2.05) is 10.4 Å². The van der Waals surface area contributed by atoms with Crippen molar-refractivity contribution in [1.82, 2.24) is 10.4 Å². The second-order valence-electron chi connectivity index (χ2n) is 0.584. The number of hydrogen-bond donors (Lipinski definition) is 3. The molecule has 0 saturated heterocycles. The topological polar surface area (TPSA) is 67.2 Å². The predicted molar refractivity (Wildman–Crippen MR) is 21.7 cm³/mol. The Morgan fingerprint density at radius 2 is 2.33 bits per heavy atom. The lowest BCUT2D eigenvalue weighted by Crippen LogP contribution is -2.35. The lowest BCUT2D eigenvalue weighted by molar-refractivity contribution is 0.248. The number of urea groups is 1. The highest BCUT2D eigenvalue weighted by atomic mass is 35.5. The van der Waals surface area contributed by atoms with Crippen molar-refractivity contribution in [3.63, 3.8) is 0 Å². The zero-order valence-corrected chi connectivity index (χ0v) is 3.62. The van der Waals surface area contributed by atoms with E-state index in [0.29, 0.717) is 0 Å². The maximum absolute atomic E-state index is 9.56. The largest absolute Gasteiger partial charge is 0.351 e. The molecule has 0 aromatic rings. The van der Waals surface area contributed by atoms with E-state index in [-0.39, 0.29) is 0 Å². The fourth-order valence-corrected chi connectivity index (χ4v) is 0.140. The van der Waals surface area contributed by atoms with Gasteiger partial charge in [0.15, 0.2) is 0 Å². The first-order valence-electron chi connectivity index (χ1n) is 1.18. The molecule has 5 heteroatoms. The lowest BCUT2D eigenvalue weighted by atomic mass is 11.2. The molecule has 0 aliphatic heterocycles. The molecule has 0 rings (SSSR count). The normalized spacial score (nSPS) is 7.50. The second kappa shape index (κ2) is 2.74. The Bertz CT molecular complexity index is 54.8. The van der Waals surface area contributed by atoms with Gasteiger partial charge in [-0.3, -0.25) is 5.43 Å². The molecular weight excluding hydrogens is 105 g/mol. The quantitative estimate of drug-likeness (QED) is 0.308. The molecule has 0 spiro atoms. The van der Waals surface area contributed by atoms with Crippen LogP contribution in [-0.2, 0) is 0 Å². The van der Waals surface area contributed by atoms with Crippen LogP contribution >= 0.6 is 11.8 Å². The fraction of sp³-hybridized carbons (Fsp3) is 0. The van der Waals surface area contributed by atoms with Crippen molar-refractivity contribution < 1.29 is 4.79 Å². The van der Waals surface area contributed by atoms with Crippen LogP contribution in [0.1, 0.15) is 0 Å². The molecule has 0 radical (unpaired) electrons. The van der Waals surface area contributed by atoms with Crippen molar-refractivity contribution in [1.29, 1.82) is 0 Å². The van der Waals surface area contributed by atoms with E-state index in [2.05, 4.69) is 5.73 Å². The van der Waals surface area contributed by atoms with E-state index in [9.17, 15) is 4.79 Å². The standard InChI is InChI=1S/CH4ClN3O/c2-5-4-1(3)6/h5H,(H3,3,4,6). The van der Waals surface area contributed by atoms with Gasteiger partial charge in [-0.05, 0) is 11.8 Å². The van der Waals surface area contributed by atoms with Gasteiger partial charge in [0.25, 0.3) is 0 Å². The van der Waals surface area contributed by atoms with Crippen LogP contribution in [0.3, 0.4) is 0 Å². The van der Waals surface area contributed by atoms with Crippen molar-refractivity contribution in [3.8, 4) is 0 Å². The molecule has 36 valence electrons. The van der Waals surface area contributed by atoms with E-state index >= 15 is 0 Å². The first-order chi connectivity index (χ1) is 2.77. The van der Waals surface area contributed by atoms with Crippen molar-refractivity contribution in [3.05, 3.63) is 0 Å². The highest BCUT2D eigenvalue weighted by Gasteiger charge is 1.79. The number of hydrazine groups is 1. The van der Waals surface area contributed by atoms with Gasteiger partial charge in [-0.25, -0.2) is 4.79 Å². The number of primary amides is 1. The molecule has 2 amide bonds. The summed E-state index contributed by atoms with van der Waals surface area (Å²) in [6.07, 6.45) is 0. The average molecular weight is 110 g/mol. The van der Waals surface area contributed by atoms with Gasteiger partial charge in [-0.15, -0.1) is 4.94 Å². The number of rotatable bonds is 1. The summed E-state index contributed by atoms with van der Waals surface area (Å²) in [4.78, 5) is 11.4. The second-order valence-corrected chi connectivity index (χ2v) is 0.773. The molecule has 0 aliphatic carbocycles. The number of carbonyl (C=O) groups excluding carboxylic acids is 1. The van der Waals surface area contributed by atoms with Gasteiger partial charge in [0.05, 0.1) is 0 Å². The summed E-state index contributed by atoms with van der Waals surface area (Å²) in [5.41, 5.74) is 6.37. The van der Waals surface area contributed by atoms with Crippen LogP contribution in [0.4, 0.5) is 4.79 Å². The molecule has 0 aliphatic rings. The van der Waals surface area contributed by atoms with E-state index in [1.165, 1.54) is 0 Å². The molecule has 0 saturated carbocycles. The molecule has 0 atom stereocenters. The van der Waals surface area contributed by atoms with Gasteiger partial charge in [-0.1, -0.05) is 0 Å². The predicted octanol–water partition coefficient (Wildman–Crippen LogP) is -0.687. The number of carbonyl (C=O) groups is 1. The van der Waals surface area contributed by atoms with Gasteiger partial charge in [0.2, 0.25) is 0 Å². The summed E-state index contributed by atoms with van der Waals surface area (Å²) in [6, 6.07) is -0.704. The van der Waals surface area contributed by atoms with Crippen LogP contribution in [0.5, 0.6) is 0 Å². The first kappa shape index (κ1) is 5.52. The number of amides is 2. The summed E-state index contributed by atoms with van der Waals surface area (Å²) in [7, 11) is 0. The molecule has 0 heterocycles. The van der Waals surface area contributed by atoms with Crippen LogP contribution in [0.25, 0.3) is 0 Å². The summed E-state index contributed by atoms with van der Waals surface area (Å²) in [5, 5.41) is 0. The Morgan fingerprint density at radius 3 is 2.33 bits per heavy atom. The molecule has 4 N–H and O–H groups in total. The number of nitrogens with one attached hydrogen (secondary N) is 2. The van der Waals surface area contributed by atoms with E-state index in [0.717, 1.165) is 0 Å². The van der Waals surface area contributed by atoms with Crippen LogP contribution < -0.4 is 16.1 Å². The number of nitrogens with two attached hydrogens (primary N) is 1. The van der Waals surface area contributed by atoms with Gasteiger partial charge in [-0.2, -0.15) is 0 Å². The van der Waals surface area contributed by atoms with Gasteiger partial charge in [0.1, 0.15) is 0 Å². The SMILES string of the molecule is NC(=O)NNCl. The molecule has 0 fully saturated rings. The van der Waals surface area contributed by atoms with Gasteiger partial charge < -0.3 is 5.73 Å². The third-order valence-corrected chi connectivity index (χ3v) is 0.265. The maximum Gasteiger partial charge on any atom is 0.327 e. The average Bonchev–Trinajstić information content (AvgIpc) is 1.35. The number of hydrogen-bond acceptors (Lipinski definition) is 2. The molecule has 0 aromatic heterocycles. The minimum Gasteiger partial charge on any atom is -0.351 e. The van der Waals surface area contributed by atoms with Crippen LogP contribution in [0.2, 0.25) is 0 Å². The Hall–Kier alpha value is -0.480. The van der Waals surface area contributed by atoms with Crippen molar-refractivity contribution in [2.45, 2.75) is 0 Å². The smallest absolute Gasteiger partial charge is 0.327 e. The lowest BCUT2D eigenvalue weighted by Gasteiger charge is -1.88. The monoisotopic (exact) mass is 109 g/mol. The fourth-order valence-electron chi connectivity index (χ4n) is 0.0466. The van der Waals surface area contributed by atoms with Crippen LogP contribution in [0, 0.1) is 0 Å². The third-order valence-electron chi connectivity index (χ3n) is 0.170. The zero-order valence-electron chi connectivity index (χ0n) is 2.86. The summed E-state index contributed by atoms with van der Waals surface area (Å²) in [5.74, 6) is 0. The molecule has 0 bridgehead atoms. The summed E-state index contributed by atoms with van der Waals surface area (Å²) in [6.45, 7) is 0. The van der Waals surface area contributed by atoms with Crippen molar-refractivity contribution in [2.24, 2.45) is 5.73 Å². The molecule has 0 aromatic carbocycles. The zero-order chi connectivity index (χ0) is 4.99. The van der Waals surface area contributed by atoms with Crippen molar-refractivity contribution in [2.75, 3.05) is 0 Å². The maximum atomic E-state index is 9.56. The number of halogens is 1. The Labute approximate surface area is 39.7 Å². The summed E-state index contributed by atoms with van der Waals surface area (Å²) < 4.78 is 0. The van der Waals surface area contributed by atoms with Crippen LogP contribution in [-0.4, -0.2) is 6.03 Å². The minimum atomic E-state index is -0.704. The Morgan fingerprint density at radius 1 is 1.83 bits per heavy atom. The first-order valence-corrected chi connectivity index (χ1v) is 1.56. The van der Waals surface area contributed by atoms with Crippen LogP contribution in [0.15, 0.2) is 0 Å². The molecule has 0 unspecified atom stereocenters. The third kappa shape index (κ3) is 3.52. The Balaban J connectivity index is 2.83. The molecular formula is CH4ClN3O. The van der Waals surface area contributed by atoms with E-state index < -0.39 is 6.03 Å². The molecule has 6 heavy (non-hydrogen) atoms. The van der Waals surface area contributed by atoms with Gasteiger partial charge >= 0.3 is 6.03 Å². The van der Waals surface area contributed by atoms with Gasteiger partial charge in [0, 0.05) is 0 Å². The van der Waals surface area contributed by atoms with E-state index in [4.69, 9.17) is 11.8 Å². The minimum absolute atomic E-state index is 0.704. The highest BCUT2D eigenvalue weighted by Crippen LogP contribution is 1.49. The van der Waals surface area contributed by atoms with Crippen molar-refractivity contribution >= 4 is 17.8 Å².